The summed E-state index contributed by atoms with van der Waals surface area (Å²) in [7, 11) is -3.96. The predicted molar refractivity (Wildman–Crippen MR) is 85.3 cm³/mol. The molecule has 2 aromatic carbocycles. The number of aryl methyl sites for hydroxylation is 2. The summed E-state index contributed by atoms with van der Waals surface area (Å²) in [4.78, 5) is 1.96. The molecule has 24 heavy (non-hydrogen) atoms. The highest BCUT2D eigenvalue weighted by Crippen LogP contribution is 2.31. The second-order valence-electron chi connectivity index (χ2n) is 5.21. The molecule has 1 N–H and O–H groups in total. The largest absolute Gasteiger partial charge is 0.417 e. The standard InChI is InChI=1S/C16H15F3N2O2S/c1-11-7-8-15(12(2)9-11)24(22,23)21-20-10-13-5-3-4-6-14(13)16(17,18)19/h3-10,21H,1-2H3/b20-10+. The Morgan fingerprint density at radius 2 is 1.75 bits per heavy atom. The number of alkyl halides is 3. The minimum atomic E-state index is -4.55. The van der Waals surface area contributed by atoms with E-state index in [9.17, 15) is 21.6 Å². The second kappa shape index (κ2) is 6.64. The highest BCUT2D eigenvalue weighted by Gasteiger charge is 2.32. The summed E-state index contributed by atoms with van der Waals surface area (Å²) in [6, 6.07) is 9.51. The van der Waals surface area contributed by atoms with E-state index in [1.54, 1.807) is 19.1 Å². The third-order valence-electron chi connectivity index (χ3n) is 3.26. The third kappa shape index (κ3) is 4.14. The van der Waals surface area contributed by atoms with Gasteiger partial charge in [-0.25, -0.2) is 4.83 Å². The van der Waals surface area contributed by atoms with Crippen molar-refractivity contribution < 1.29 is 21.6 Å². The van der Waals surface area contributed by atoms with Crippen molar-refractivity contribution in [3.05, 3.63) is 64.7 Å². The molecule has 0 fully saturated rings. The molecule has 0 aliphatic carbocycles. The number of sulfonamides is 1. The van der Waals surface area contributed by atoms with Crippen LogP contribution in [0.5, 0.6) is 0 Å². The molecule has 0 unspecified atom stereocenters. The van der Waals surface area contributed by atoms with Crippen molar-refractivity contribution in [3.63, 3.8) is 0 Å². The van der Waals surface area contributed by atoms with Crippen molar-refractivity contribution in [2.24, 2.45) is 5.10 Å². The van der Waals surface area contributed by atoms with Crippen LogP contribution in [0, 0.1) is 13.8 Å². The number of benzene rings is 2. The molecule has 2 rings (SSSR count). The van der Waals surface area contributed by atoms with Crippen molar-refractivity contribution in [3.8, 4) is 0 Å². The predicted octanol–water partition coefficient (Wildman–Crippen LogP) is 3.63. The lowest BCUT2D eigenvalue weighted by Crippen LogP contribution is -2.19. The van der Waals surface area contributed by atoms with E-state index in [4.69, 9.17) is 0 Å². The summed E-state index contributed by atoms with van der Waals surface area (Å²) < 4.78 is 63.0. The highest BCUT2D eigenvalue weighted by atomic mass is 32.2. The van der Waals surface area contributed by atoms with Gasteiger partial charge in [0.05, 0.1) is 16.7 Å². The molecule has 0 spiro atoms. The average Bonchev–Trinajstić information content (AvgIpc) is 2.46. The number of hydrogen-bond acceptors (Lipinski definition) is 3. The van der Waals surface area contributed by atoms with Crippen LogP contribution in [0.15, 0.2) is 52.5 Å². The molecular formula is C16H15F3N2O2S. The van der Waals surface area contributed by atoms with Gasteiger partial charge in [0, 0.05) is 5.56 Å². The van der Waals surface area contributed by atoms with E-state index in [0.717, 1.165) is 17.8 Å². The van der Waals surface area contributed by atoms with Gasteiger partial charge in [-0.15, -0.1) is 0 Å². The number of hydrogen-bond donors (Lipinski definition) is 1. The number of rotatable bonds is 4. The van der Waals surface area contributed by atoms with E-state index in [2.05, 4.69) is 5.10 Å². The number of nitrogens with zero attached hydrogens (tertiary/aromatic N) is 1. The molecule has 4 nitrogen and oxygen atoms in total. The summed E-state index contributed by atoms with van der Waals surface area (Å²) in [5.74, 6) is 0. The van der Waals surface area contributed by atoms with Crippen molar-refractivity contribution in [2.75, 3.05) is 0 Å². The van der Waals surface area contributed by atoms with Gasteiger partial charge in [0.2, 0.25) is 0 Å². The zero-order chi connectivity index (χ0) is 18.0. The van der Waals surface area contributed by atoms with E-state index in [-0.39, 0.29) is 10.5 Å². The van der Waals surface area contributed by atoms with Gasteiger partial charge >= 0.3 is 6.18 Å². The van der Waals surface area contributed by atoms with E-state index in [0.29, 0.717) is 5.56 Å². The quantitative estimate of drug-likeness (QED) is 0.672. The minimum absolute atomic E-state index is 0.0226. The van der Waals surface area contributed by atoms with E-state index in [1.165, 1.54) is 24.3 Å². The van der Waals surface area contributed by atoms with Crippen LogP contribution in [0.2, 0.25) is 0 Å². The monoisotopic (exact) mass is 356 g/mol. The highest BCUT2D eigenvalue weighted by molar-refractivity contribution is 7.89. The zero-order valence-electron chi connectivity index (χ0n) is 12.9. The Hall–Kier alpha value is -2.35. The van der Waals surface area contributed by atoms with Crippen LogP contribution in [-0.2, 0) is 16.2 Å². The Kier molecular flexibility index (Phi) is 4.98. The molecule has 0 saturated carbocycles. The van der Waals surface area contributed by atoms with Gasteiger partial charge < -0.3 is 0 Å². The van der Waals surface area contributed by atoms with E-state index >= 15 is 0 Å². The Labute approximate surface area is 138 Å². The Morgan fingerprint density at radius 3 is 2.38 bits per heavy atom. The van der Waals surface area contributed by atoms with Crippen LogP contribution in [0.25, 0.3) is 0 Å². The molecule has 0 saturated heterocycles. The fraction of sp³-hybridized carbons (Fsp3) is 0.188. The van der Waals surface area contributed by atoms with Crippen LogP contribution in [0.1, 0.15) is 22.3 Å². The minimum Gasteiger partial charge on any atom is -0.200 e. The average molecular weight is 356 g/mol. The van der Waals surface area contributed by atoms with Gasteiger partial charge in [-0.2, -0.15) is 26.7 Å². The molecule has 0 aliphatic heterocycles. The molecule has 0 radical (unpaired) electrons. The molecule has 0 aromatic heterocycles. The number of hydrazone groups is 1. The maximum Gasteiger partial charge on any atom is 0.417 e. The number of nitrogens with one attached hydrogen (secondary N) is 1. The summed E-state index contributed by atoms with van der Waals surface area (Å²) >= 11 is 0. The molecule has 0 heterocycles. The van der Waals surface area contributed by atoms with Crippen molar-refractivity contribution in [2.45, 2.75) is 24.9 Å². The van der Waals surface area contributed by atoms with Crippen LogP contribution < -0.4 is 4.83 Å². The summed E-state index contributed by atoms with van der Waals surface area (Å²) in [5.41, 5.74) is 0.301. The molecule has 128 valence electrons. The van der Waals surface area contributed by atoms with Gasteiger partial charge in [0.15, 0.2) is 0 Å². The first-order chi connectivity index (χ1) is 11.1. The molecular weight excluding hydrogens is 341 g/mol. The first kappa shape index (κ1) is 18.0. The van der Waals surface area contributed by atoms with E-state index < -0.39 is 21.8 Å². The topological polar surface area (TPSA) is 58.5 Å². The van der Waals surface area contributed by atoms with Gasteiger partial charge in [0.1, 0.15) is 0 Å². The Morgan fingerprint density at radius 1 is 1.08 bits per heavy atom. The lowest BCUT2D eigenvalue weighted by molar-refractivity contribution is -0.137. The Bertz CT molecular complexity index is 875. The third-order valence-corrected chi connectivity index (χ3v) is 4.65. The van der Waals surface area contributed by atoms with Crippen molar-refractivity contribution in [1.82, 2.24) is 4.83 Å². The maximum atomic E-state index is 12.9. The molecule has 0 atom stereocenters. The van der Waals surface area contributed by atoms with Gasteiger partial charge in [0.25, 0.3) is 10.0 Å². The lowest BCUT2D eigenvalue weighted by Gasteiger charge is -2.10. The van der Waals surface area contributed by atoms with Crippen molar-refractivity contribution >= 4 is 16.2 Å². The van der Waals surface area contributed by atoms with Gasteiger partial charge in [-0.3, -0.25) is 0 Å². The molecule has 2 aromatic rings. The fourth-order valence-corrected chi connectivity index (χ4v) is 3.20. The second-order valence-corrected chi connectivity index (χ2v) is 6.84. The van der Waals surface area contributed by atoms with Crippen LogP contribution in [-0.4, -0.2) is 14.6 Å². The van der Waals surface area contributed by atoms with Crippen LogP contribution >= 0.6 is 0 Å². The Balaban J connectivity index is 2.26. The molecule has 0 bridgehead atoms. The summed E-state index contributed by atoms with van der Waals surface area (Å²) in [5, 5.41) is 3.46. The summed E-state index contributed by atoms with van der Waals surface area (Å²) in [6.45, 7) is 3.45. The summed E-state index contributed by atoms with van der Waals surface area (Å²) in [6.07, 6.45) is -3.71. The first-order valence-electron chi connectivity index (χ1n) is 6.89. The lowest BCUT2D eigenvalue weighted by atomic mass is 10.1. The van der Waals surface area contributed by atoms with Crippen LogP contribution in [0.4, 0.5) is 13.2 Å². The number of halogens is 3. The van der Waals surface area contributed by atoms with Crippen LogP contribution in [0.3, 0.4) is 0 Å². The molecule has 0 amide bonds. The smallest absolute Gasteiger partial charge is 0.200 e. The zero-order valence-corrected chi connectivity index (χ0v) is 13.7. The SMILES string of the molecule is Cc1ccc(S(=O)(=O)N/N=C/c2ccccc2C(F)(F)F)c(C)c1. The van der Waals surface area contributed by atoms with Gasteiger partial charge in [-0.05, 0) is 31.5 Å². The van der Waals surface area contributed by atoms with E-state index in [1.807, 2.05) is 11.8 Å². The molecule has 8 heteroatoms. The first-order valence-corrected chi connectivity index (χ1v) is 8.38. The normalized spacial score (nSPS) is 12.5. The fourth-order valence-electron chi connectivity index (χ4n) is 2.18. The molecule has 0 aliphatic rings. The van der Waals surface area contributed by atoms with Crippen molar-refractivity contribution in [1.29, 1.82) is 0 Å². The maximum absolute atomic E-state index is 12.9. The van der Waals surface area contributed by atoms with Gasteiger partial charge in [-0.1, -0.05) is 35.9 Å².